The number of benzene rings is 3. The van der Waals surface area contributed by atoms with Gasteiger partial charge in [0.1, 0.15) is 11.9 Å². The number of halogens is 3. The molecule has 2 atom stereocenters. The normalized spacial score (nSPS) is 17.3. The predicted octanol–water partition coefficient (Wildman–Crippen LogP) is 4.77. The van der Waals surface area contributed by atoms with Gasteiger partial charge in [-0.25, -0.2) is 4.68 Å². The fraction of sp³-hybridized carbons (Fsp3) is 0.179. The van der Waals surface area contributed by atoms with Gasteiger partial charge in [0.2, 0.25) is 0 Å². The lowest BCUT2D eigenvalue weighted by Crippen LogP contribution is -2.55. The molecule has 3 aromatic carbocycles. The van der Waals surface area contributed by atoms with Gasteiger partial charge in [-0.2, -0.15) is 18.3 Å². The number of fused-ring (bicyclic) bond motifs is 1. The number of rotatable bonds is 5. The Morgan fingerprint density at radius 2 is 1.71 bits per heavy atom. The van der Waals surface area contributed by atoms with Crippen molar-refractivity contribution in [1.82, 2.24) is 15.1 Å². The van der Waals surface area contributed by atoms with E-state index in [9.17, 15) is 22.8 Å². The van der Waals surface area contributed by atoms with Crippen molar-refractivity contribution in [2.45, 2.75) is 25.1 Å². The fourth-order valence-electron chi connectivity index (χ4n) is 4.85. The van der Waals surface area contributed by atoms with Crippen LogP contribution in [0.2, 0.25) is 0 Å². The molecule has 0 spiro atoms. The number of anilines is 2. The summed E-state index contributed by atoms with van der Waals surface area (Å²) in [5, 5.41) is 7.26. The van der Waals surface area contributed by atoms with Crippen LogP contribution in [-0.2, 0) is 11.0 Å². The number of likely N-dealkylation sites (N-methyl/N-ethyl adjacent to an activating group) is 1. The van der Waals surface area contributed by atoms with Crippen LogP contribution in [0.3, 0.4) is 0 Å². The molecule has 3 N–H and O–H groups in total. The molecule has 2 amide bonds. The zero-order chi connectivity index (χ0) is 27.0. The molecular weight excluding hydrogens is 495 g/mol. The van der Waals surface area contributed by atoms with Crippen LogP contribution in [-0.4, -0.2) is 34.2 Å². The second-order valence-corrected chi connectivity index (χ2v) is 8.89. The molecule has 1 aliphatic heterocycles. The highest BCUT2D eigenvalue weighted by Gasteiger charge is 2.45. The second-order valence-electron chi connectivity index (χ2n) is 8.89. The number of carbonyl (C=O) groups excluding carboxylic acids is 2. The molecule has 38 heavy (non-hydrogen) atoms. The number of hydrogen-bond acceptors (Lipinski definition) is 4. The summed E-state index contributed by atoms with van der Waals surface area (Å²) < 4.78 is 41.5. The van der Waals surface area contributed by atoms with E-state index in [0.29, 0.717) is 22.6 Å². The van der Waals surface area contributed by atoms with Gasteiger partial charge in [0.15, 0.2) is 0 Å². The van der Waals surface area contributed by atoms with Gasteiger partial charge in [-0.05, 0) is 48.9 Å². The molecule has 0 bridgehead atoms. The van der Waals surface area contributed by atoms with E-state index in [1.165, 1.54) is 11.0 Å². The first-order chi connectivity index (χ1) is 18.2. The summed E-state index contributed by atoms with van der Waals surface area (Å²) in [7, 11) is 0. The van der Waals surface area contributed by atoms with E-state index in [1.807, 2.05) is 30.3 Å². The Morgan fingerprint density at radius 1 is 1.00 bits per heavy atom. The van der Waals surface area contributed by atoms with Crippen LogP contribution >= 0.6 is 0 Å². The van der Waals surface area contributed by atoms with Crippen LogP contribution in [0.5, 0.6) is 0 Å². The van der Waals surface area contributed by atoms with Crippen LogP contribution in [0.4, 0.5) is 24.7 Å². The molecule has 0 aliphatic carbocycles. The second kappa shape index (κ2) is 9.70. The van der Waals surface area contributed by atoms with Crippen molar-refractivity contribution in [2.24, 2.45) is 0 Å². The molecule has 10 heteroatoms. The van der Waals surface area contributed by atoms with Gasteiger partial charge in [-0.3, -0.25) is 14.5 Å². The minimum Gasteiger partial charge on any atom is -0.398 e. The van der Waals surface area contributed by atoms with Gasteiger partial charge < -0.3 is 11.1 Å². The topological polar surface area (TPSA) is 93.2 Å². The molecule has 5 rings (SSSR count). The average Bonchev–Trinajstić information content (AvgIpc) is 3.34. The molecule has 194 valence electrons. The van der Waals surface area contributed by atoms with Gasteiger partial charge in [0, 0.05) is 29.3 Å². The molecule has 1 aromatic heterocycles. The number of aromatic nitrogens is 2. The van der Waals surface area contributed by atoms with E-state index in [4.69, 9.17) is 5.73 Å². The Balaban J connectivity index is 1.63. The van der Waals surface area contributed by atoms with Gasteiger partial charge in [-0.1, -0.05) is 42.5 Å². The third-order valence-corrected chi connectivity index (χ3v) is 6.61. The number of hydrogen-bond donors (Lipinski definition) is 2. The Morgan fingerprint density at radius 3 is 2.39 bits per heavy atom. The molecule has 0 unspecified atom stereocenters. The number of nitrogen functional groups attached to an aromatic ring is 1. The van der Waals surface area contributed by atoms with Crippen LogP contribution in [0.15, 0.2) is 85.1 Å². The van der Waals surface area contributed by atoms with Crippen molar-refractivity contribution in [2.75, 3.05) is 17.2 Å². The molecule has 0 fully saturated rings. The maximum atomic E-state index is 13.9. The lowest BCUT2D eigenvalue weighted by Gasteiger charge is -2.38. The minimum absolute atomic E-state index is 0.207. The maximum Gasteiger partial charge on any atom is 0.416 e. The lowest BCUT2D eigenvalue weighted by molar-refractivity contribution is -0.137. The Bertz CT molecular complexity index is 1500. The standard InChI is InChI=1S/C28H24F3N5O2/c1-2-35-26-21(16-33-36(26)19-11-4-3-5-12-19)23(20-13-6-7-14-22(20)32)24(27(35)38)34-25(37)17-9-8-10-18(15-17)28(29,30)31/h3-16,23-24H,2,32H2,1H3,(H,34,37)/t23-,24+/m0/s1. The summed E-state index contributed by atoms with van der Waals surface area (Å²) in [4.78, 5) is 28.7. The van der Waals surface area contributed by atoms with E-state index < -0.39 is 35.5 Å². The zero-order valence-electron chi connectivity index (χ0n) is 20.3. The minimum atomic E-state index is -4.61. The molecule has 4 aromatic rings. The van der Waals surface area contributed by atoms with Crippen LogP contribution in [0, 0.1) is 0 Å². The molecule has 0 radical (unpaired) electrons. The number of nitrogens with two attached hydrogens (primary N) is 1. The summed E-state index contributed by atoms with van der Waals surface area (Å²) in [6, 6.07) is 19.2. The highest BCUT2D eigenvalue weighted by atomic mass is 19.4. The van der Waals surface area contributed by atoms with E-state index in [2.05, 4.69) is 10.4 Å². The fourth-order valence-corrected chi connectivity index (χ4v) is 4.85. The number of nitrogens with one attached hydrogen (secondary N) is 1. The lowest BCUT2D eigenvalue weighted by atomic mass is 9.81. The predicted molar refractivity (Wildman–Crippen MR) is 137 cm³/mol. The van der Waals surface area contributed by atoms with Crippen LogP contribution < -0.4 is 16.0 Å². The average molecular weight is 520 g/mol. The molecule has 0 saturated carbocycles. The largest absolute Gasteiger partial charge is 0.416 e. The first-order valence-corrected chi connectivity index (χ1v) is 12.0. The summed E-state index contributed by atoms with van der Waals surface area (Å²) >= 11 is 0. The number of amides is 2. The number of para-hydroxylation sites is 2. The van der Waals surface area contributed by atoms with Crippen molar-refractivity contribution < 1.29 is 22.8 Å². The van der Waals surface area contributed by atoms with Gasteiger partial charge in [0.05, 0.1) is 17.4 Å². The van der Waals surface area contributed by atoms with Crippen molar-refractivity contribution >= 4 is 23.3 Å². The van der Waals surface area contributed by atoms with E-state index in [-0.39, 0.29) is 12.1 Å². The van der Waals surface area contributed by atoms with Crippen molar-refractivity contribution in [3.8, 4) is 5.69 Å². The Labute approximate surface area is 216 Å². The Hall–Kier alpha value is -4.60. The highest BCUT2D eigenvalue weighted by molar-refractivity contribution is 6.05. The quantitative estimate of drug-likeness (QED) is 0.372. The van der Waals surface area contributed by atoms with E-state index in [0.717, 1.165) is 23.9 Å². The van der Waals surface area contributed by atoms with Crippen molar-refractivity contribution in [3.05, 3.63) is 107 Å². The van der Waals surface area contributed by atoms with E-state index >= 15 is 0 Å². The smallest absolute Gasteiger partial charge is 0.398 e. The van der Waals surface area contributed by atoms with Crippen molar-refractivity contribution in [1.29, 1.82) is 0 Å². The third kappa shape index (κ3) is 4.38. The Kier molecular flexibility index (Phi) is 6.40. The summed E-state index contributed by atoms with van der Waals surface area (Å²) in [6.07, 6.45) is -2.98. The van der Waals surface area contributed by atoms with Gasteiger partial charge in [0.25, 0.3) is 11.8 Å². The molecular formula is C28H24F3N5O2. The van der Waals surface area contributed by atoms with Gasteiger partial charge in [-0.15, -0.1) is 0 Å². The molecule has 0 saturated heterocycles. The zero-order valence-corrected chi connectivity index (χ0v) is 20.3. The van der Waals surface area contributed by atoms with Crippen molar-refractivity contribution in [3.63, 3.8) is 0 Å². The van der Waals surface area contributed by atoms with Crippen LogP contribution in [0.25, 0.3) is 5.69 Å². The summed E-state index contributed by atoms with van der Waals surface area (Å²) in [6.45, 7) is 2.07. The molecule has 1 aliphatic rings. The van der Waals surface area contributed by atoms with Gasteiger partial charge >= 0.3 is 6.18 Å². The molecule has 7 nitrogen and oxygen atoms in total. The highest BCUT2D eigenvalue weighted by Crippen LogP contribution is 2.43. The summed E-state index contributed by atoms with van der Waals surface area (Å²) in [5.41, 5.74) is 7.56. The summed E-state index contributed by atoms with van der Waals surface area (Å²) in [5.74, 6) is -1.41. The SMILES string of the molecule is CCN1C(=O)[C@H](NC(=O)c2cccc(C(F)(F)F)c2)[C@@H](c2ccccc2N)c2cnn(-c3ccccc3)c21. The molecule has 2 heterocycles. The number of carbonyl (C=O) groups is 2. The number of nitrogens with zero attached hydrogens (tertiary/aromatic N) is 3. The first kappa shape index (κ1) is 25.1. The van der Waals surface area contributed by atoms with Crippen LogP contribution in [0.1, 0.15) is 39.9 Å². The van der Waals surface area contributed by atoms with E-state index in [1.54, 1.807) is 42.1 Å². The maximum absolute atomic E-state index is 13.9. The number of alkyl halides is 3. The monoisotopic (exact) mass is 519 g/mol. The first-order valence-electron chi connectivity index (χ1n) is 12.0. The third-order valence-electron chi connectivity index (χ3n) is 6.61.